The third-order valence-corrected chi connectivity index (χ3v) is 3.25. The minimum absolute atomic E-state index is 1.09. The highest BCUT2D eigenvalue weighted by Crippen LogP contribution is 2.31. The zero-order chi connectivity index (χ0) is 9.71. The van der Waals surface area contributed by atoms with Gasteiger partial charge in [0.15, 0.2) is 0 Å². The van der Waals surface area contributed by atoms with Crippen molar-refractivity contribution in [3.05, 3.63) is 52.8 Å². The van der Waals surface area contributed by atoms with Crippen LogP contribution in [0.4, 0.5) is 0 Å². The number of hydrogen-bond acceptors (Lipinski definition) is 0. The van der Waals surface area contributed by atoms with E-state index in [1.165, 1.54) is 28.1 Å². The van der Waals surface area contributed by atoms with Gasteiger partial charge < -0.3 is 4.57 Å². The molecule has 14 heavy (non-hydrogen) atoms. The fourth-order valence-electron chi connectivity index (χ4n) is 2.29. The van der Waals surface area contributed by atoms with Gasteiger partial charge in [-0.2, -0.15) is 0 Å². The first-order chi connectivity index (χ1) is 6.77. The van der Waals surface area contributed by atoms with Crippen molar-refractivity contribution < 1.29 is 0 Å². The average molecular weight is 183 g/mol. The van der Waals surface area contributed by atoms with Gasteiger partial charge in [0.2, 0.25) is 0 Å². The first kappa shape index (κ1) is 7.86. The summed E-state index contributed by atoms with van der Waals surface area (Å²) in [4.78, 5) is 0. The lowest BCUT2D eigenvalue weighted by atomic mass is 10.1. The van der Waals surface area contributed by atoms with Crippen LogP contribution in [0.5, 0.6) is 0 Å². The number of hydrogen-bond donors (Lipinski definition) is 0. The van der Waals surface area contributed by atoms with Crippen LogP contribution in [-0.2, 0) is 6.42 Å². The van der Waals surface area contributed by atoms with Gasteiger partial charge in [-0.25, -0.2) is 0 Å². The van der Waals surface area contributed by atoms with Crippen LogP contribution in [0.25, 0.3) is 5.69 Å². The topological polar surface area (TPSA) is 4.93 Å². The summed E-state index contributed by atoms with van der Waals surface area (Å²) in [7, 11) is 0. The van der Waals surface area contributed by atoms with Crippen molar-refractivity contribution in [2.75, 3.05) is 0 Å². The van der Waals surface area contributed by atoms with E-state index in [2.05, 4.69) is 48.9 Å². The molecule has 0 aliphatic carbocycles. The molecule has 0 bridgehead atoms. The van der Waals surface area contributed by atoms with E-state index in [-0.39, 0.29) is 0 Å². The van der Waals surface area contributed by atoms with Crippen molar-refractivity contribution in [2.45, 2.75) is 20.3 Å². The maximum Gasteiger partial charge on any atom is 0.0488 e. The molecule has 0 saturated carbocycles. The molecule has 3 rings (SSSR count). The number of para-hydroxylation sites is 1. The molecule has 0 radical (unpaired) electrons. The van der Waals surface area contributed by atoms with Crippen molar-refractivity contribution in [3.8, 4) is 5.69 Å². The molecule has 2 heterocycles. The van der Waals surface area contributed by atoms with Crippen LogP contribution in [0.15, 0.2) is 30.5 Å². The molecule has 1 aromatic carbocycles. The lowest BCUT2D eigenvalue weighted by Crippen LogP contribution is -1.88. The SMILES string of the molecule is Cc1cn2c(c1C)Cc1ccccc1-2. The van der Waals surface area contributed by atoms with Crippen molar-refractivity contribution in [3.63, 3.8) is 0 Å². The normalized spacial score (nSPS) is 12.7. The van der Waals surface area contributed by atoms with Gasteiger partial charge in [0.25, 0.3) is 0 Å². The summed E-state index contributed by atoms with van der Waals surface area (Å²) >= 11 is 0. The summed E-state index contributed by atoms with van der Waals surface area (Å²) < 4.78 is 2.33. The minimum Gasteiger partial charge on any atom is -0.320 e. The smallest absolute Gasteiger partial charge is 0.0488 e. The fourth-order valence-corrected chi connectivity index (χ4v) is 2.29. The van der Waals surface area contributed by atoms with Crippen LogP contribution in [0.2, 0.25) is 0 Å². The van der Waals surface area contributed by atoms with Crippen molar-refractivity contribution in [1.82, 2.24) is 4.57 Å². The molecule has 0 unspecified atom stereocenters. The third-order valence-electron chi connectivity index (χ3n) is 3.25. The highest BCUT2D eigenvalue weighted by Gasteiger charge is 2.20. The van der Waals surface area contributed by atoms with Crippen molar-refractivity contribution >= 4 is 0 Å². The summed E-state index contributed by atoms with van der Waals surface area (Å²) in [6, 6.07) is 8.65. The number of aromatic nitrogens is 1. The largest absolute Gasteiger partial charge is 0.320 e. The molecule has 0 spiro atoms. The summed E-state index contributed by atoms with van der Waals surface area (Å²) in [6.45, 7) is 4.40. The van der Waals surface area contributed by atoms with Gasteiger partial charge in [-0.3, -0.25) is 0 Å². The molecule has 0 atom stereocenters. The average Bonchev–Trinajstić information content (AvgIpc) is 2.67. The first-order valence-electron chi connectivity index (χ1n) is 5.03. The van der Waals surface area contributed by atoms with E-state index in [0.717, 1.165) is 6.42 Å². The van der Waals surface area contributed by atoms with E-state index in [1.54, 1.807) is 0 Å². The Morgan fingerprint density at radius 1 is 1.14 bits per heavy atom. The number of aryl methyl sites for hydroxylation is 1. The summed E-state index contributed by atoms with van der Waals surface area (Å²) in [5.74, 6) is 0. The Balaban J connectivity index is 2.31. The predicted molar refractivity (Wildman–Crippen MR) is 58.0 cm³/mol. The van der Waals surface area contributed by atoms with Gasteiger partial charge in [0, 0.05) is 24.0 Å². The maximum atomic E-state index is 2.33. The Kier molecular flexibility index (Phi) is 1.41. The Hall–Kier alpha value is -1.50. The number of benzene rings is 1. The molecule has 1 aliphatic rings. The van der Waals surface area contributed by atoms with Gasteiger partial charge >= 0.3 is 0 Å². The van der Waals surface area contributed by atoms with E-state index < -0.39 is 0 Å². The monoisotopic (exact) mass is 183 g/mol. The van der Waals surface area contributed by atoms with Crippen LogP contribution in [-0.4, -0.2) is 4.57 Å². The lowest BCUT2D eigenvalue weighted by Gasteiger charge is -1.99. The number of fused-ring (bicyclic) bond motifs is 3. The molecule has 0 saturated heterocycles. The maximum absolute atomic E-state index is 2.33. The van der Waals surface area contributed by atoms with Gasteiger partial charge in [-0.15, -0.1) is 0 Å². The third kappa shape index (κ3) is 0.844. The molecule has 0 fully saturated rings. The van der Waals surface area contributed by atoms with E-state index in [4.69, 9.17) is 0 Å². The van der Waals surface area contributed by atoms with Crippen LogP contribution in [0.3, 0.4) is 0 Å². The Labute approximate surface area is 84.0 Å². The molecule has 70 valence electrons. The molecule has 1 heteroatoms. The predicted octanol–water partition coefficient (Wildman–Crippen LogP) is 3.00. The van der Waals surface area contributed by atoms with Crippen molar-refractivity contribution in [1.29, 1.82) is 0 Å². The highest BCUT2D eigenvalue weighted by molar-refractivity contribution is 5.53. The second-order valence-corrected chi connectivity index (χ2v) is 4.06. The zero-order valence-corrected chi connectivity index (χ0v) is 8.54. The molecule has 2 aromatic rings. The summed E-state index contributed by atoms with van der Waals surface area (Å²) in [5, 5.41) is 0. The minimum atomic E-state index is 1.09. The van der Waals surface area contributed by atoms with Crippen LogP contribution in [0.1, 0.15) is 22.4 Å². The van der Waals surface area contributed by atoms with Crippen LogP contribution in [0, 0.1) is 13.8 Å². The van der Waals surface area contributed by atoms with Gasteiger partial charge in [0.05, 0.1) is 0 Å². The first-order valence-corrected chi connectivity index (χ1v) is 5.03. The van der Waals surface area contributed by atoms with E-state index in [1.807, 2.05) is 0 Å². The second-order valence-electron chi connectivity index (χ2n) is 4.06. The van der Waals surface area contributed by atoms with E-state index in [0.29, 0.717) is 0 Å². The number of nitrogens with zero attached hydrogens (tertiary/aromatic N) is 1. The van der Waals surface area contributed by atoms with Crippen LogP contribution >= 0.6 is 0 Å². The molecule has 0 amide bonds. The van der Waals surface area contributed by atoms with E-state index in [9.17, 15) is 0 Å². The molecule has 0 N–H and O–H groups in total. The molecular weight excluding hydrogens is 170 g/mol. The number of rotatable bonds is 0. The molecule has 1 aliphatic heterocycles. The Morgan fingerprint density at radius 3 is 2.79 bits per heavy atom. The quantitative estimate of drug-likeness (QED) is 0.505. The second kappa shape index (κ2) is 2.50. The highest BCUT2D eigenvalue weighted by atomic mass is 15.0. The van der Waals surface area contributed by atoms with Crippen molar-refractivity contribution in [2.24, 2.45) is 0 Å². The van der Waals surface area contributed by atoms with Gasteiger partial charge in [-0.05, 0) is 36.6 Å². The fraction of sp³-hybridized carbons (Fsp3) is 0.231. The molecule has 1 nitrogen and oxygen atoms in total. The summed E-state index contributed by atoms with van der Waals surface area (Å²) in [6.07, 6.45) is 3.34. The standard InChI is InChI=1S/C13H13N/c1-9-8-14-12-6-4-3-5-11(12)7-13(14)10(9)2/h3-6,8H,7H2,1-2H3. The van der Waals surface area contributed by atoms with E-state index >= 15 is 0 Å². The summed E-state index contributed by atoms with van der Waals surface area (Å²) in [5.41, 5.74) is 7.11. The lowest BCUT2D eigenvalue weighted by molar-refractivity contribution is 1.04. The molecule has 1 aromatic heterocycles. The van der Waals surface area contributed by atoms with Gasteiger partial charge in [0.1, 0.15) is 0 Å². The Morgan fingerprint density at radius 2 is 1.93 bits per heavy atom. The van der Waals surface area contributed by atoms with Gasteiger partial charge in [-0.1, -0.05) is 18.2 Å². The molecular formula is C13H13N. The zero-order valence-electron chi connectivity index (χ0n) is 8.54. The van der Waals surface area contributed by atoms with Crippen LogP contribution < -0.4 is 0 Å². The Bertz CT molecular complexity index is 506.